The number of benzene rings is 9. The van der Waals surface area contributed by atoms with Gasteiger partial charge in [0.15, 0.2) is 28.8 Å². The second-order valence-electron chi connectivity index (χ2n) is 16.4. The Balaban J connectivity index is 0.939. The van der Waals surface area contributed by atoms with E-state index in [2.05, 4.69) is 200 Å². The molecule has 3 heterocycles. The van der Waals surface area contributed by atoms with E-state index in [1.54, 1.807) is 11.3 Å². The number of aromatic nitrogens is 2. The van der Waals surface area contributed by atoms with Crippen LogP contribution in [0.2, 0.25) is 0 Å². The second kappa shape index (κ2) is 14.5. The number of fused-ring (bicyclic) bond motifs is 9. The van der Waals surface area contributed by atoms with E-state index < -0.39 is 5.41 Å². The van der Waals surface area contributed by atoms with Crippen LogP contribution in [-0.2, 0) is 5.41 Å². The third-order valence-electron chi connectivity index (χ3n) is 12.8. The van der Waals surface area contributed by atoms with Crippen LogP contribution in [0.3, 0.4) is 0 Å². The molecule has 13 rings (SSSR count). The van der Waals surface area contributed by atoms with Gasteiger partial charge in [0, 0.05) is 48.0 Å². The van der Waals surface area contributed by atoms with Crippen molar-refractivity contribution >= 4 is 31.5 Å². The fourth-order valence-corrected chi connectivity index (χ4v) is 11.2. The highest BCUT2D eigenvalue weighted by molar-refractivity contribution is 7.25. The maximum absolute atomic E-state index is 7.23. The first-order chi connectivity index (χ1) is 31.7. The molecule has 64 heavy (non-hydrogen) atoms. The minimum Gasteiger partial charge on any atom is -0.449 e. The molecule has 9 aromatic carbocycles. The van der Waals surface area contributed by atoms with Gasteiger partial charge in [0.25, 0.3) is 0 Å². The standard InChI is InChI=1S/C59H36N2O2S/c1-4-16-37(17-5-1)49-36-50(61-58(60-49)40-30-31-45-44-24-11-13-29-53(44)64-54(45)35-40)39-19-14-18-38(34-39)43-26-15-28-51-56(43)63-57-52(62-51)33-32-48-55(57)46-25-10-12-27-47(46)59(48,41-20-6-2-7-21-41)42-22-8-3-9-23-42/h1-36H. The van der Waals surface area contributed by atoms with Gasteiger partial charge in [-0.05, 0) is 69.8 Å². The van der Waals surface area contributed by atoms with E-state index in [1.807, 2.05) is 18.2 Å². The number of ether oxygens (including phenoxy) is 2. The summed E-state index contributed by atoms with van der Waals surface area (Å²) in [5, 5.41) is 2.52. The van der Waals surface area contributed by atoms with Crippen molar-refractivity contribution in [3.8, 4) is 79.2 Å². The molecule has 1 aliphatic carbocycles. The van der Waals surface area contributed by atoms with Gasteiger partial charge < -0.3 is 9.47 Å². The molecule has 0 amide bonds. The Morgan fingerprint density at radius 3 is 1.81 bits per heavy atom. The topological polar surface area (TPSA) is 44.2 Å². The Morgan fingerprint density at radius 2 is 1.00 bits per heavy atom. The summed E-state index contributed by atoms with van der Waals surface area (Å²) in [7, 11) is 0. The summed E-state index contributed by atoms with van der Waals surface area (Å²) < 4.78 is 16.5. The minimum atomic E-state index is -0.556. The van der Waals surface area contributed by atoms with Crippen molar-refractivity contribution in [2.75, 3.05) is 0 Å². The highest BCUT2D eigenvalue weighted by atomic mass is 32.1. The minimum absolute atomic E-state index is 0.556. The zero-order chi connectivity index (χ0) is 42.2. The Kier molecular flexibility index (Phi) is 8.27. The summed E-state index contributed by atoms with van der Waals surface area (Å²) in [4.78, 5) is 10.4. The maximum atomic E-state index is 7.23. The molecule has 0 saturated carbocycles. The molecule has 5 heteroatoms. The SMILES string of the molecule is c1ccc(-c2cc(-c3cccc(-c4cccc5c4Oc4c(ccc6c4-c4ccccc4C6(c4ccccc4)c4ccccc4)O5)c3)nc(-c3ccc4c(c3)sc3ccccc34)n2)cc1. The monoisotopic (exact) mass is 836 g/mol. The largest absolute Gasteiger partial charge is 0.449 e. The third kappa shape index (κ3) is 5.61. The van der Waals surface area contributed by atoms with Gasteiger partial charge >= 0.3 is 0 Å². The first-order valence-electron chi connectivity index (χ1n) is 21.5. The normalized spacial score (nSPS) is 13.1. The Labute approximate surface area is 374 Å². The Bertz CT molecular complexity index is 3580. The molecule has 0 bridgehead atoms. The highest BCUT2D eigenvalue weighted by Crippen LogP contribution is 2.63. The van der Waals surface area contributed by atoms with Crippen molar-refractivity contribution in [1.82, 2.24) is 9.97 Å². The van der Waals surface area contributed by atoms with E-state index in [-0.39, 0.29) is 0 Å². The first-order valence-corrected chi connectivity index (χ1v) is 22.4. The number of thiophene rings is 1. The molecule has 300 valence electrons. The predicted octanol–water partition coefficient (Wildman–Crippen LogP) is 15.8. The number of hydrogen-bond acceptors (Lipinski definition) is 5. The van der Waals surface area contributed by atoms with E-state index in [1.165, 1.54) is 36.9 Å². The Hall–Kier alpha value is -8.12. The summed E-state index contributed by atoms with van der Waals surface area (Å²) >= 11 is 1.80. The predicted molar refractivity (Wildman–Crippen MR) is 261 cm³/mol. The average molecular weight is 837 g/mol. The molecule has 1 aliphatic heterocycles. The molecular formula is C59H36N2O2S. The molecular weight excluding hydrogens is 801 g/mol. The molecule has 0 atom stereocenters. The van der Waals surface area contributed by atoms with Crippen LogP contribution >= 0.6 is 11.3 Å². The van der Waals surface area contributed by atoms with Gasteiger partial charge in [0.1, 0.15) is 0 Å². The van der Waals surface area contributed by atoms with Crippen LogP contribution in [0.4, 0.5) is 0 Å². The maximum Gasteiger partial charge on any atom is 0.178 e. The zero-order valence-electron chi connectivity index (χ0n) is 34.4. The van der Waals surface area contributed by atoms with Crippen molar-refractivity contribution in [1.29, 1.82) is 0 Å². The van der Waals surface area contributed by atoms with Gasteiger partial charge in [-0.2, -0.15) is 0 Å². The third-order valence-corrected chi connectivity index (χ3v) is 14.0. The summed E-state index contributed by atoms with van der Waals surface area (Å²) in [5.74, 6) is 3.45. The van der Waals surface area contributed by atoms with Gasteiger partial charge in [0.2, 0.25) is 0 Å². The highest BCUT2D eigenvalue weighted by Gasteiger charge is 2.48. The van der Waals surface area contributed by atoms with Crippen molar-refractivity contribution < 1.29 is 9.47 Å². The van der Waals surface area contributed by atoms with Gasteiger partial charge in [-0.15, -0.1) is 11.3 Å². The number of hydrogen-bond donors (Lipinski definition) is 0. The lowest BCUT2D eigenvalue weighted by atomic mass is 9.68. The van der Waals surface area contributed by atoms with E-state index in [0.717, 1.165) is 61.6 Å². The Morgan fingerprint density at radius 1 is 0.375 bits per heavy atom. The first kappa shape index (κ1) is 36.5. The van der Waals surface area contributed by atoms with Crippen LogP contribution in [0, 0.1) is 0 Å². The quantitative estimate of drug-likeness (QED) is 0.167. The van der Waals surface area contributed by atoms with Crippen molar-refractivity contribution in [2.24, 2.45) is 0 Å². The van der Waals surface area contributed by atoms with E-state index >= 15 is 0 Å². The molecule has 0 fully saturated rings. The number of para-hydroxylation sites is 1. The lowest BCUT2D eigenvalue weighted by Gasteiger charge is -2.34. The van der Waals surface area contributed by atoms with Crippen LogP contribution < -0.4 is 9.47 Å². The molecule has 2 aliphatic rings. The second-order valence-corrected chi connectivity index (χ2v) is 17.5. The van der Waals surface area contributed by atoms with Crippen LogP contribution in [-0.4, -0.2) is 9.97 Å². The molecule has 0 N–H and O–H groups in total. The van der Waals surface area contributed by atoms with Crippen LogP contribution in [0.1, 0.15) is 22.3 Å². The van der Waals surface area contributed by atoms with Gasteiger partial charge in [-0.1, -0.05) is 182 Å². The van der Waals surface area contributed by atoms with Gasteiger partial charge in [0.05, 0.1) is 16.8 Å². The smallest absolute Gasteiger partial charge is 0.178 e. The zero-order valence-corrected chi connectivity index (χ0v) is 35.2. The molecule has 0 spiro atoms. The fraction of sp³-hybridized carbons (Fsp3) is 0.0169. The van der Waals surface area contributed by atoms with Gasteiger partial charge in [-0.3, -0.25) is 0 Å². The number of rotatable bonds is 6. The lowest BCUT2D eigenvalue weighted by molar-refractivity contribution is 0.361. The van der Waals surface area contributed by atoms with Crippen molar-refractivity contribution in [2.45, 2.75) is 5.41 Å². The summed E-state index contributed by atoms with van der Waals surface area (Å²) in [6.07, 6.45) is 0. The van der Waals surface area contributed by atoms with Crippen molar-refractivity contribution in [3.05, 3.63) is 241 Å². The number of nitrogens with zero attached hydrogens (tertiary/aromatic N) is 2. The van der Waals surface area contributed by atoms with E-state index in [9.17, 15) is 0 Å². The molecule has 0 radical (unpaired) electrons. The summed E-state index contributed by atoms with van der Waals surface area (Å²) in [6.45, 7) is 0. The van der Waals surface area contributed by atoms with E-state index in [0.29, 0.717) is 23.1 Å². The molecule has 11 aromatic rings. The molecule has 0 saturated heterocycles. The summed E-state index contributed by atoms with van der Waals surface area (Å²) in [6, 6.07) is 77.0. The fourth-order valence-electron chi connectivity index (χ4n) is 10.0. The lowest BCUT2D eigenvalue weighted by Crippen LogP contribution is -2.28. The average Bonchev–Trinajstić information content (AvgIpc) is 3.90. The van der Waals surface area contributed by atoms with E-state index in [4.69, 9.17) is 19.4 Å². The van der Waals surface area contributed by atoms with Crippen molar-refractivity contribution in [3.63, 3.8) is 0 Å². The molecule has 2 aromatic heterocycles. The summed E-state index contributed by atoms with van der Waals surface area (Å²) in [5.41, 5.74) is 13.0. The van der Waals surface area contributed by atoms with Crippen LogP contribution in [0.15, 0.2) is 218 Å². The van der Waals surface area contributed by atoms with Crippen LogP contribution in [0.25, 0.3) is 76.3 Å². The molecule has 0 unspecified atom stereocenters. The molecule has 4 nitrogen and oxygen atoms in total. The van der Waals surface area contributed by atoms with Crippen LogP contribution in [0.5, 0.6) is 23.0 Å². The van der Waals surface area contributed by atoms with Gasteiger partial charge in [-0.25, -0.2) is 9.97 Å².